The SMILES string of the molecule is Cc1cc(C=CC=O)cc(C)n1. The number of hydrogen-bond donors (Lipinski definition) is 0. The van der Waals surface area contributed by atoms with E-state index in [-0.39, 0.29) is 0 Å². The van der Waals surface area contributed by atoms with Crippen LogP contribution in [0.25, 0.3) is 6.08 Å². The van der Waals surface area contributed by atoms with Gasteiger partial charge in [0, 0.05) is 11.4 Å². The Morgan fingerprint density at radius 3 is 2.33 bits per heavy atom. The normalized spacial score (nSPS) is 10.5. The van der Waals surface area contributed by atoms with Crippen LogP contribution in [0.2, 0.25) is 0 Å². The van der Waals surface area contributed by atoms with Crippen LogP contribution in [0.5, 0.6) is 0 Å². The molecule has 2 nitrogen and oxygen atoms in total. The third-order valence-electron chi connectivity index (χ3n) is 1.47. The number of allylic oxidation sites excluding steroid dienone is 1. The van der Waals surface area contributed by atoms with E-state index in [2.05, 4.69) is 4.98 Å². The molecule has 0 spiro atoms. The van der Waals surface area contributed by atoms with Crippen LogP contribution in [-0.4, -0.2) is 11.3 Å². The van der Waals surface area contributed by atoms with Crippen molar-refractivity contribution in [2.24, 2.45) is 0 Å². The number of rotatable bonds is 2. The molecule has 12 heavy (non-hydrogen) atoms. The zero-order chi connectivity index (χ0) is 8.97. The van der Waals surface area contributed by atoms with E-state index >= 15 is 0 Å². The number of hydrogen-bond acceptors (Lipinski definition) is 2. The van der Waals surface area contributed by atoms with E-state index in [1.807, 2.05) is 26.0 Å². The summed E-state index contributed by atoms with van der Waals surface area (Å²) in [5.74, 6) is 0. The molecule has 0 atom stereocenters. The maximum absolute atomic E-state index is 10.0. The number of aromatic nitrogens is 1. The van der Waals surface area contributed by atoms with Crippen molar-refractivity contribution in [1.82, 2.24) is 4.98 Å². The zero-order valence-corrected chi connectivity index (χ0v) is 7.24. The lowest BCUT2D eigenvalue weighted by molar-refractivity contribution is -0.104. The van der Waals surface area contributed by atoms with Gasteiger partial charge in [-0.2, -0.15) is 0 Å². The molecule has 0 radical (unpaired) electrons. The summed E-state index contributed by atoms with van der Waals surface area (Å²) < 4.78 is 0. The number of aryl methyl sites for hydroxylation is 2. The minimum atomic E-state index is 0.769. The maximum Gasteiger partial charge on any atom is 0.142 e. The Labute approximate surface area is 71.9 Å². The maximum atomic E-state index is 10.0. The molecular weight excluding hydrogens is 150 g/mol. The molecule has 0 aliphatic heterocycles. The summed E-state index contributed by atoms with van der Waals surface area (Å²) >= 11 is 0. The van der Waals surface area contributed by atoms with Gasteiger partial charge < -0.3 is 0 Å². The molecule has 62 valence electrons. The lowest BCUT2D eigenvalue weighted by Crippen LogP contribution is -1.86. The molecule has 2 heteroatoms. The third kappa shape index (κ3) is 2.31. The summed E-state index contributed by atoms with van der Waals surface area (Å²) in [4.78, 5) is 14.3. The first-order valence-electron chi connectivity index (χ1n) is 3.79. The van der Waals surface area contributed by atoms with Crippen molar-refractivity contribution < 1.29 is 4.79 Å². The van der Waals surface area contributed by atoms with Gasteiger partial charge >= 0.3 is 0 Å². The molecule has 0 amide bonds. The van der Waals surface area contributed by atoms with Gasteiger partial charge in [0.05, 0.1) is 0 Å². The van der Waals surface area contributed by atoms with Gasteiger partial charge in [0.2, 0.25) is 0 Å². The van der Waals surface area contributed by atoms with Crippen molar-refractivity contribution in [1.29, 1.82) is 0 Å². The van der Waals surface area contributed by atoms with Crippen LogP contribution in [0.1, 0.15) is 17.0 Å². The zero-order valence-electron chi connectivity index (χ0n) is 7.24. The highest BCUT2D eigenvalue weighted by Crippen LogP contribution is 2.05. The predicted octanol–water partition coefficient (Wildman–Crippen LogP) is 1.91. The summed E-state index contributed by atoms with van der Waals surface area (Å²) in [6.07, 6.45) is 4.02. The highest BCUT2D eigenvalue weighted by molar-refractivity contribution is 5.73. The van der Waals surface area contributed by atoms with Crippen LogP contribution in [-0.2, 0) is 4.79 Å². The van der Waals surface area contributed by atoms with Gasteiger partial charge in [0.1, 0.15) is 6.29 Å². The van der Waals surface area contributed by atoms with Crippen molar-refractivity contribution in [3.05, 3.63) is 35.2 Å². The fraction of sp³-hybridized carbons (Fsp3) is 0.200. The Morgan fingerprint density at radius 2 is 1.83 bits per heavy atom. The number of pyridine rings is 1. The van der Waals surface area contributed by atoms with Gasteiger partial charge in [-0.15, -0.1) is 0 Å². The molecule has 1 heterocycles. The van der Waals surface area contributed by atoms with Crippen molar-refractivity contribution in [3.8, 4) is 0 Å². The molecule has 1 aromatic rings. The molecule has 0 aliphatic carbocycles. The van der Waals surface area contributed by atoms with Gasteiger partial charge in [0.25, 0.3) is 0 Å². The largest absolute Gasteiger partial charge is 0.299 e. The highest BCUT2D eigenvalue weighted by Gasteiger charge is 1.91. The molecule has 0 unspecified atom stereocenters. The standard InChI is InChI=1S/C10H11NO/c1-8-6-10(4-3-5-12)7-9(2)11-8/h3-7H,1-2H3. The Hall–Kier alpha value is -1.44. The molecule has 1 rings (SSSR count). The lowest BCUT2D eigenvalue weighted by Gasteiger charge is -1.97. The Kier molecular flexibility index (Phi) is 2.75. The summed E-state index contributed by atoms with van der Waals surface area (Å²) in [6.45, 7) is 3.87. The molecule has 0 bridgehead atoms. The van der Waals surface area contributed by atoms with Crippen molar-refractivity contribution >= 4 is 12.4 Å². The van der Waals surface area contributed by atoms with E-state index in [1.54, 1.807) is 6.08 Å². The quantitative estimate of drug-likeness (QED) is 0.490. The number of carbonyl (C=O) groups excluding carboxylic acids is 1. The second-order valence-electron chi connectivity index (χ2n) is 2.68. The predicted molar refractivity (Wildman–Crippen MR) is 48.8 cm³/mol. The molecule has 0 fully saturated rings. The first-order chi connectivity index (χ1) is 5.72. The summed E-state index contributed by atoms with van der Waals surface area (Å²) in [7, 11) is 0. The second kappa shape index (κ2) is 3.81. The van der Waals surface area contributed by atoms with Gasteiger partial charge in [-0.05, 0) is 37.6 Å². The first-order valence-corrected chi connectivity index (χ1v) is 3.79. The first kappa shape index (κ1) is 8.65. The number of nitrogens with zero attached hydrogens (tertiary/aromatic N) is 1. The smallest absolute Gasteiger partial charge is 0.142 e. The van der Waals surface area contributed by atoms with E-state index in [0.29, 0.717) is 0 Å². The monoisotopic (exact) mass is 161 g/mol. The van der Waals surface area contributed by atoms with Crippen LogP contribution in [0.15, 0.2) is 18.2 Å². The Morgan fingerprint density at radius 1 is 1.25 bits per heavy atom. The van der Waals surface area contributed by atoms with Crippen LogP contribution in [0.3, 0.4) is 0 Å². The summed E-state index contributed by atoms with van der Waals surface area (Å²) in [5, 5.41) is 0. The van der Waals surface area contributed by atoms with Crippen LogP contribution in [0.4, 0.5) is 0 Å². The van der Waals surface area contributed by atoms with Gasteiger partial charge in [-0.1, -0.05) is 6.08 Å². The van der Waals surface area contributed by atoms with Crippen LogP contribution >= 0.6 is 0 Å². The van der Waals surface area contributed by atoms with Crippen LogP contribution in [0, 0.1) is 13.8 Å². The van der Waals surface area contributed by atoms with Crippen molar-refractivity contribution in [3.63, 3.8) is 0 Å². The van der Waals surface area contributed by atoms with Crippen molar-refractivity contribution in [2.45, 2.75) is 13.8 Å². The molecular formula is C10H11NO. The Bertz CT molecular complexity index is 295. The van der Waals surface area contributed by atoms with E-state index in [0.717, 1.165) is 23.2 Å². The Balaban J connectivity index is 3.00. The molecule has 0 saturated heterocycles. The molecule has 1 aromatic heterocycles. The summed E-state index contributed by atoms with van der Waals surface area (Å²) in [6, 6.07) is 3.88. The molecule has 0 aliphatic rings. The topological polar surface area (TPSA) is 30.0 Å². The van der Waals surface area contributed by atoms with Crippen molar-refractivity contribution in [2.75, 3.05) is 0 Å². The second-order valence-corrected chi connectivity index (χ2v) is 2.68. The number of aldehydes is 1. The van der Waals surface area contributed by atoms with E-state index in [9.17, 15) is 4.79 Å². The molecule has 0 N–H and O–H groups in total. The third-order valence-corrected chi connectivity index (χ3v) is 1.47. The molecule has 0 aromatic carbocycles. The van der Waals surface area contributed by atoms with E-state index < -0.39 is 0 Å². The minimum absolute atomic E-state index is 0.769. The van der Waals surface area contributed by atoms with Gasteiger partial charge in [0.15, 0.2) is 0 Å². The highest BCUT2D eigenvalue weighted by atomic mass is 16.1. The fourth-order valence-corrected chi connectivity index (χ4v) is 1.11. The molecule has 0 saturated carbocycles. The average Bonchev–Trinajstić information content (AvgIpc) is 1.99. The van der Waals surface area contributed by atoms with E-state index in [1.165, 1.54) is 6.08 Å². The van der Waals surface area contributed by atoms with Gasteiger partial charge in [-0.25, -0.2) is 0 Å². The van der Waals surface area contributed by atoms with E-state index in [4.69, 9.17) is 0 Å². The average molecular weight is 161 g/mol. The van der Waals surface area contributed by atoms with Gasteiger partial charge in [-0.3, -0.25) is 9.78 Å². The summed E-state index contributed by atoms with van der Waals surface area (Å²) in [5.41, 5.74) is 2.97. The van der Waals surface area contributed by atoms with Crippen LogP contribution < -0.4 is 0 Å². The number of carbonyl (C=O) groups is 1. The minimum Gasteiger partial charge on any atom is -0.299 e. The fourth-order valence-electron chi connectivity index (χ4n) is 1.11. The lowest BCUT2D eigenvalue weighted by atomic mass is 10.2.